The van der Waals surface area contributed by atoms with E-state index in [4.69, 9.17) is 9.72 Å². The van der Waals surface area contributed by atoms with E-state index in [0.29, 0.717) is 21.9 Å². The number of phenolic OH excluding ortho intramolecular Hbond substituents is 1. The third-order valence-electron chi connectivity index (χ3n) is 6.19. The first kappa shape index (κ1) is 25.0. The lowest BCUT2D eigenvalue weighted by Crippen LogP contribution is -2.24. The molecule has 37 heavy (non-hydrogen) atoms. The quantitative estimate of drug-likeness (QED) is 0.156. The molecule has 1 aliphatic carbocycles. The van der Waals surface area contributed by atoms with Crippen LogP contribution in [0.5, 0.6) is 11.5 Å². The molecule has 4 aromatic rings. The van der Waals surface area contributed by atoms with Crippen LogP contribution >= 0.6 is 23.1 Å². The maximum Gasteiger partial charge on any atom is 0.267 e. The Balaban J connectivity index is 1.40. The van der Waals surface area contributed by atoms with Crippen LogP contribution in [0.4, 0.5) is 0 Å². The Morgan fingerprint density at radius 1 is 1.24 bits per heavy atom. The SMILES string of the molecule is COc1cc(/C=N\NC(=O)CSc2nc3sc4c(c3c(=O)n2-c2ccc(C)cc2)CCCC4)ccc1O. The van der Waals surface area contributed by atoms with Gasteiger partial charge in [0.25, 0.3) is 11.5 Å². The number of hydrazone groups is 1. The molecule has 0 spiro atoms. The van der Waals surface area contributed by atoms with E-state index in [1.165, 1.54) is 36.0 Å². The average Bonchev–Trinajstić information content (AvgIpc) is 3.28. The number of aromatic hydroxyl groups is 1. The summed E-state index contributed by atoms with van der Waals surface area (Å²) in [7, 11) is 1.46. The summed E-state index contributed by atoms with van der Waals surface area (Å²) in [5.74, 6) is 0.0418. The molecule has 2 aromatic heterocycles. The van der Waals surface area contributed by atoms with Crippen molar-refractivity contribution >= 4 is 45.4 Å². The lowest BCUT2D eigenvalue weighted by molar-refractivity contribution is -0.118. The number of carbonyl (C=O) groups is 1. The molecule has 2 heterocycles. The Morgan fingerprint density at radius 3 is 2.81 bits per heavy atom. The molecule has 0 radical (unpaired) electrons. The second-order valence-corrected chi connectivity index (χ2v) is 10.8. The maximum atomic E-state index is 13.8. The fourth-order valence-electron chi connectivity index (χ4n) is 4.32. The molecule has 2 aromatic carbocycles. The molecular weight excluding hydrogens is 508 g/mol. The number of amides is 1. The summed E-state index contributed by atoms with van der Waals surface area (Å²) in [6.07, 6.45) is 5.56. The Labute approximate surface area is 222 Å². The van der Waals surface area contributed by atoms with Crippen molar-refractivity contribution in [1.82, 2.24) is 15.0 Å². The van der Waals surface area contributed by atoms with Gasteiger partial charge in [0.1, 0.15) is 4.83 Å². The van der Waals surface area contributed by atoms with Crippen molar-refractivity contribution in [3.8, 4) is 17.2 Å². The number of carbonyl (C=O) groups excluding carboxylic acids is 1. The van der Waals surface area contributed by atoms with Gasteiger partial charge in [0.15, 0.2) is 16.7 Å². The molecule has 2 N–H and O–H groups in total. The van der Waals surface area contributed by atoms with Crippen LogP contribution in [-0.2, 0) is 17.6 Å². The van der Waals surface area contributed by atoms with Gasteiger partial charge in [-0.2, -0.15) is 5.10 Å². The van der Waals surface area contributed by atoms with Crippen molar-refractivity contribution in [3.05, 3.63) is 74.4 Å². The molecule has 5 rings (SSSR count). The van der Waals surface area contributed by atoms with Gasteiger partial charge >= 0.3 is 0 Å². The number of aryl methyl sites for hydroxylation is 3. The summed E-state index contributed by atoms with van der Waals surface area (Å²) in [6.45, 7) is 2.00. The molecule has 10 heteroatoms. The molecule has 0 fully saturated rings. The molecule has 8 nitrogen and oxygen atoms in total. The van der Waals surface area contributed by atoms with Gasteiger partial charge in [-0.15, -0.1) is 11.3 Å². The van der Waals surface area contributed by atoms with Crippen LogP contribution in [0.2, 0.25) is 0 Å². The van der Waals surface area contributed by atoms with Gasteiger partial charge in [-0.3, -0.25) is 14.2 Å². The number of hydrogen-bond acceptors (Lipinski definition) is 8. The summed E-state index contributed by atoms with van der Waals surface area (Å²) >= 11 is 2.80. The van der Waals surface area contributed by atoms with Crippen LogP contribution in [0.3, 0.4) is 0 Å². The minimum Gasteiger partial charge on any atom is -0.504 e. The van der Waals surface area contributed by atoms with E-state index in [1.807, 2.05) is 31.2 Å². The van der Waals surface area contributed by atoms with Gasteiger partial charge in [-0.25, -0.2) is 10.4 Å². The average molecular weight is 535 g/mol. The molecule has 1 amide bonds. The number of phenols is 1. The summed E-state index contributed by atoms with van der Waals surface area (Å²) in [6, 6.07) is 12.5. The van der Waals surface area contributed by atoms with Crippen LogP contribution in [0.1, 0.15) is 34.4 Å². The number of nitrogens with zero attached hydrogens (tertiary/aromatic N) is 3. The fraction of sp³-hybridized carbons (Fsp3) is 0.259. The van der Waals surface area contributed by atoms with Gasteiger partial charge in [0.2, 0.25) is 0 Å². The number of ether oxygens (including phenoxy) is 1. The van der Waals surface area contributed by atoms with Crippen LogP contribution in [0.15, 0.2) is 57.5 Å². The van der Waals surface area contributed by atoms with Crippen molar-refractivity contribution in [2.24, 2.45) is 5.10 Å². The van der Waals surface area contributed by atoms with Crippen molar-refractivity contribution < 1.29 is 14.6 Å². The van der Waals surface area contributed by atoms with Crippen molar-refractivity contribution in [2.75, 3.05) is 12.9 Å². The van der Waals surface area contributed by atoms with Crippen molar-refractivity contribution in [1.29, 1.82) is 0 Å². The van der Waals surface area contributed by atoms with E-state index >= 15 is 0 Å². The predicted octanol–water partition coefficient (Wildman–Crippen LogP) is 4.59. The van der Waals surface area contributed by atoms with E-state index in [9.17, 15) is 14.7 Å². The number of methoxy groups -OCH3 is 1. The van der Waals surface area contributed by atoms with Crippen LogP contribution in [0.25, 0.3) is 15.9 Å². The normalized spacial score (nSPS) is 13.1. The fourth-order valence-corrected chi connectivity index (χ4v) is 6.43. The zero-order chi connectivity index (χ0) is 25.9. The third-order valence-corrected chi connectivity index (χ3v) is 8.31. The van der Waals surface area contributed by atoms with Gasteiger partial charge < -0.3 is 9.84 Å². The topological polar surface area (TPSA) is 106 Å². The van der Waals surface area contributed by atoms with Crippen molar-refractivity contribution in [2.45, 2.75) is 37.8 Å². The smallest absolute Gasteiger partial charge is 0.267 e. The first-order valence-electron chi connectivity index (χ1n) is 11.9. The number of fused-ring (bicyclic) bond motifs is 3. The summed E-state index contributed by atoms with van der Waals surface area (Å²) in [4.78, 5) is 33.2. The second-order valence-electron chi connectivity index (χ2n) is 8.77. The monoisotopic (exact) mass is 534 g/mol. The lowest BCUT2D eigenvalue weighted by atomic mass is 9.97. The highest BCUT2D eigenvalue weighted by molar-refractivity contribution is 7.99. The first-order chi connectivity index (χ1) is 17.9. The maximum absolute atomic E-state index is 13.8. The molecule has 190 valence electrons. The molecule has 0 saturated carbocycles. The second kappa shape index (κ2) is 10.8. The van der Waals surface area contributed by atoms with E-state index < -0.39 is 0 Å². The van der Waals surface area contributed by atoms with Gasteiger partial charge in [0.05, 0.1) is 30.2 Å². The molecule has 0 bridgehead atoms. The molecular formula is C27H26N4O4S2. The zero-order valence-electron chi connectivity index (χ0n) is 20.5. The molecule has 0 atom stereocenters. The molecule has 0 aliphatic heterocycles. The Morgan fingerprint density at radius 2 is 2.03 bits per heavy atom. The number of thioether (sulfide) groups is 1. The number of rotatable bonds is 7. The summed E-state index contributed by atoms with van der Waals surface area (Å²) < 4.78 is 6.70. The van der Waals surface area contributed by atoms with Gasteiger partial charge in [-0.1, -0.05) is 29.5 Å². The highest BCUT2D eigenvalue weighted by Crippen LogP contribution is 2.35. The Kier molecular flexibility index (Phi) is 7.29. The minimum atomic E-state index is -0.331. The Bertz CT molecular complexity index is 1560. The van der Waals surface area contributed by atoms with E-state index in [2.05, 4.69) is 10.5 Å². The van der Waals surface area contributed by atoms with Crippen molar-refractivity contribution in [3.63, 3.8) is 0 Å². The zero-order valence-corrected chi connectivity index (χ0v) is 22.1. The molecule has 1 aliphatic rings. The number of aromatic nitrogens is 2. The van der Waals surface area contributed by atoms with Crippen LogP contribution < -0.4 is 15.7 Å². The standard InChI is InChI=1S/C27H26N4O4S2/c1-16-7-10-18(11-8-16)31-26(34)24-19-5-3-4-6-22(19)37-25(24)29-27(31)36-15-23(33)30-28-14-17-9-12-20(32)21(13-17)35-2/h7-14,32H,3-6,15H2,1-2H3,(H,30,33)/b28-14-. The number of benzene rings is 2. The van der Waals surface area contributed by atoms with Gasteiger partial charge in [-0.05, 0) is 74.1 Å². The number of nitrogens with one attached hydrogen (secondary N) is 1. The molecule has 0 saturated heterocycles. The van der Waals surface area contributed by atoms with E-state index in [1.54, 1.807) is 28.0 Å². The minimum absolute atomic E-state index is 0.0239. The van der Waals surface area contributed by atoms with Crippen LogP contribution in [0, 0.1) is 6.92 Å². The van der Waals surface area contributed by atoms with Gasteiger partial charge in [0, 0.05) is 4.88 Å². The third kappa shape index (κ3) is 5.26. The largest absolute Gasteiger partial charge is 0.504 e. The Hall–Kier alpha value is -3.63. The summed E-state index contributed by atoms with van der Waals surface area (Å²) in [5.41, 5.74) is 6.03. The highest BCUT2D eigenvalue weighted by Gasteiger charge is 2.23. The van der Waals surface area contributed by atoms with Crippen LogP contribution in [-0.4, -0.2) is 39.6 Å². The molecule has 0 unspecified atom stereocenters. The predicted molar refractivity (Wildman–Crippen MR) is 148 cm³/mol. The first-order valence-corrected chi connectivity index (χ1v) is 13.7. The lowest BCUT2D eigenvalue weighted by Gasteiger charge is -2.13. The summed E-state index contributed by atoms with van der Waals surface area (Å²) in [5, 5.41) is 14.9. The highest BCUT2D eigenvalue weighted by atomic mass is 32.2. The van der Waals surface area contributed by atoms with E-state index in [-0.39, 0.29) is 23.0 Å². The van der Waals surface area contributed by atoms with E-state index in [0.717, 1.165) is 47.3 Å². The number of hydrogen-bond donors (Lipinski definition) is 2. The number of thiophene rings is 1.